The maximum Gasteiger partial charge on any atom is 0.366 e. The molecule has 0 aromatic heterocycles. The molecule has 8 heteroatoms. The van der Waals surface area contributed by atoms with Gasteiger partial charge in [-0.2, -0.15) is 0 Å². The molecule has 0 spiro atoms. The second-order valence-corrected chi connectivity index (χ2v) is 7.26. The Morgan fingerprint density at radius 1 is 1.17 bits per heavy atom. The van der Waals surface area contributed by atoms with Crippen molar-refractivity contribution >= 4 is 19.3 Å². The van der Waals surface area contributed by atoms with Crippen molar-refractivity contribution in [1.82, 2.24) is 5.09 Å². The molecule has 0 heterocycles. The van der Waals surface area contributed by atoms with E-state index in [2.05, 4.69) is 10.2 Å². The highest BCUT2D eigenvalue weighted by atomic mass is 31.2. The largest absolute Gasteiger partial charge is 0.462 e. The molecule has 0 amide bonds. The number of anilines is 1. The van der Waals surface area contributed by atoms with Crippen molar-refractivity contribution in [3.8, 4) is 0 Å². The normalized spacial score (nSPS) is 15.0. The molecule has 0 aliphatic heterocycles. The number of methoxy groups -OCH3 is 1. The molecule has 7 nitrogen and oxygen atoms in total. The minimum absolute atomic E-state index is 0.241. The van der Waals surface area contributed by atoms with Crippen LogP contribution in [-0.2, 0) is 30.0 Å². The van der Waals surface area contributed by atoms with Gasteiger partial charge in [-0.15, -0.1) is 0 Å². The van der Waals surface area contributed by atoms with Crippen molar-refractivity contribution in [3.63, 3.8) is 0 Å². The van der Waals surface area contributed by atoms with Gasteiger partial charge in [-0.1, -0.05) is 12.1 Å². The monoisotopic (exact) mass is 344 g/mol. The molecule has 0 aliphatic rings. The first-order valence-electron chi connectivity index (χ1n) is 7.30. The van der Waals surface area contributed by atoms with E-state index >= 15 is 0 Å². The Morgan fingerprint density at radius 3 is 2.26 bits per heavy atom. The number of esters is 1. The summed E-state index contributed by atoms with van der Waals surface area (Å²) in [4.78, 5) is 11.8. The number of carbonyl (C=O) groups excluding carboxylic acids is 1. The van der Waals surface area contributed by atoms with E-state index in [1.807, 2.05) is 12.1 Å². The number of hydrogen-bond donors (Lipinski definition) is 2. The zero-order valence-electron chi connectivity index (χ0n) is 14.2. The van der Waals surface area contributed by atoms with Crippen LogP contribution in [0.1, 0.15) is 26.3 Å². The maximum atomic E-state index is 12.7. The molecule has 0 radical (unpaired) electrons. The van der Waals surface area contributed by atoms with E-state index in [1.54, 1.807) is 40.0 Å². The third kappa shape index (κ3) is 6.71. The zero-order chi connectivity index (χ0) is 17.5. The Balaban J connectivity index is 2.73. The number of hydrogen-bond acceptors (Lipinski definition) is 5. The smallest absolute Gasteiger partial charge is 0.366 e. The van der Waals surface area contributed by atoms with E-state index in [1.165, 1.54) is 7.11 Å². The standard InChI is InChI=1S/C15H25N2O5P/c1-11(2)22-15(18)12(3)16-23(19,21-5)17-14-8-6-13(7-9-14)10-20-4/h6-9,11-12H,10H2,1-5H3,(H2,16,17,19)/t12-,23?/m0/s1. The molecule has 130 valence electrons. The topological polar surface area (TPSA) is 85.9 Å². The minimum Gasteiger partial charge on any atom is -0.462 e. The summed E-state index contributed by atoms with van der Waals surface area (Å²) >= 11 is 0. The first kappa shape index (κ1) is 19.6. The maximum absolute atomic E-state index is 12.7. The van der Waals surface area contributed by atoms with Crippen LogP contribution in [0.4, 0.5) is 5.69 Å². The molecule has 2 atom stereocenters. The summed E-state index contributed by atoms with van der Waals surface area (Å²) in [6, 6.07) is 6.45. The lowest BCUT2D eigenvalue weighted by atomic mass is 10.2. The Morgan fingerprint density at radius 2 is 1.78 bits per heavy atom. The van der Waals surface area contributed by atoms with Gasteiger partial charge in [0.05, 0.1) is 12.7 Å². The third-order valence-electron chi connectivity index (χ3n) is 2.87. The second-order valence-electron chi connectivity index (χ2n) is 5.31. The molecule has 1 aromatic rings. The first-order valence-corrected chi connectivity index (χ1v) is 8.92. The van der Waals surface area contributed by atoms with Crippen molar-refractivity contribution in [2.24, 2.45) is 0 Å². The summed E-state index contributed by atoms with van der Waals surface area (Å²) in [5.74, 6) is -0.491. The van der Waals surface area contributed by atoms with Crippen molar-refractivity contribution in [3.05, 3.63) is 29.8 Å². The van der Waals surface area contributed by atoms with Crippen LogP contribution >= 0.6 is 7.67 Å². The third-order valence-corrected chi connectivity index (χ3v) is 4.66. The molecule has 1 rings (SSSR count). The van der Waals surface area contributed by atoms with E-state index in [4.69, 9.17) is 14.0 Å². The average molecular weight is 344 g/mol. The Bertz CT molecular complexity index is 547. The van der Waals surface area contributed by atoms with Crippen LogP contribution in [0.3, 0.4) is 0 Å². The minimum atomic E-state index is -3.44. The van der Waals surface area contributed by atoms with Crippen LogP contribution in [-0.4, -0.2) is 32.3 Å². The first-order chi connectivity index (χ1) is 10.8. The fraction of sp³-hybridized carbons (Fsp3) is 0.533. The van der Waals surface area contributed by atoms with Crippen molar-refractivity contribution in [2.75, 3.05) is 19.3 Å². The Hall–Kier alpha value is -1.40. The molecule has 0 aliphatic carbocycles. The number of benzene rings is 1. The quantitative estimate of drug-likeness (QED) is 0.526. The van der Waals surface area contributed by atoms with Crippen LogP contribution < -0.4 is 10.2 Å². The van der Waals surface area contributed by atoms with Gasteiger partial charge in [0.15, 0.2) is 0 Å². The van der Waals surface area contributed by atoms with Gasteiger partial charge >= 0.3 is 13.6 Å². The lowest BCUT2D eigenvalue weighted by Gasteiger charge is -2.23. The summed E-state index contributed by atoms with van der Waals surface area (Å²) in [7, 11) is -0.514. The Kier molecular flexibility index (Phi) is 7.72. The average Bonchev–Trinajstić information content (AvgIpc) is 2.48. The summed E-state index contributed by atoms with van der Waals surface area (Å²) < 4.78 is 27.8. The SMILES string of the molecule is COCc1ccc(NP(=O)(N[C@@H](C)C(=O)OC(C)C)OC)cc1. The molecule has 1 aromatic carbocycles. The highest BCUT2D eigenvalue weighted by Gasteiger charge is 2.28. The van der Waals surface area contributed by atoms with Gasteiger partial charge in [-0.05, 0) is 38.5 Å². The summed E-state index contributed by atoms with van der Waals surface area (Å²) in [5, 5.41) is 5.45. The van der Waals surface area contributed by atoms with Gasteiger partial charge in [0.2, 0.25) is 0 Å². The van der Waals surface area contributed by atoms with Crippen molar-refractivity contribution < 1.29 is 23.4 Å². The second kappa shape index (κ2) is 9.03. The number of carbonyl (C=O) groups is 1. The van der Waals surface area contributed by atoms with Crippen molar-refractivity contribution in [1.29, 1.82) is 0 Å². The zero-order valence-corrected chi connectivity index (χ0v) is 15.1. The van der Waals surface area contributed by atoms with E-state index in [0.717, 1.165) is 5.56 Å². The number of nitrogens with one attached hydrogen (secondary N) is 2. The fourth-order valence-corrected chi connectivity index (χ4v) is 3.15. The molecule has 23 heavy (non-hydrogen) atoms. The van der Waals surface area contributed by atoms with Crippen LogP contribution in [0.2, 0.25) is 0 Å². The lowest BCUT2D eigenvalue weighted by molar-refractivity contribution is -0.149. The predicted molar refractivity (Wildman–Crippen MR) is 89.2 cm³/mol. The molecule has 0 fully saturated rings. The molecular formula is C15H25N2O5P. The predicted octanol–water partition coefficient (Wildman–Crippen LogP) is 2.93. The van der Waals surface area contributed by atoms with Crippen molar-refractivity contribution in [2.45, 2.75) is 39.5 Å². The molecule has 0 saturated carbocycles. The molecule has 0 bridgehead atoms. The van der Waals surface area contributed by atoms with Crippen LogP contribution in [0.5, 0.6) is 0 Å². The summed E-state index contributed by atoms with van der Waals surface area (Å²) in [6.45, 7) is 5.57. The number of rotatable bonds is 9. The molecule has 2 N–H and O–H groups in total. The highest BCUT2D eigenvalue weighted by molar-refractivity contribution is 7.58. The van der Waals surface area contributed by atoms with E-state index in [0.29, 0.717) is 12.3 Å². The summed E-state index contributed by atoms with van der Waals surface area (Å²) in [6.07, 6.45) is -0.241. The molecule has 1 unspecified atom stereocenters. The van der Waals surface area contributed by atoms with Crippen LogP contribution in [0.25, 0.3) is 0 Å². The van der Waals surface area contributed by atoms with Crippen LogP contribution in [0, 0.1) is 0 Å². The fourth-order valence-electron chi connectivity index (χ4n) is 1.78. The van der Waals surface area contributed by atoms with Gasteiger partial charge in [0, 0.05) is 19.9 Å². The van der Waals surface area contributed by atoms with E-state index < -0.39 is 19.7 Å². The van der Waals surface area contributed by atoms with E-state index in [-0.39, 0.29) is 6.10 Å². The highest BCUT2D eigenvalue weighted by Crippen LogP contribution is 2.42. The number of ether oxygens (including phenoxy) is 2. The van der Waals surface area contributed by atoms with Gasteiger partial charge < -0.3 is 19.1 Å². The van der Waals surface area contributed by atoms with Gasteiger partial charge in [-0.3, -0.25) is 4.79 Å². The lowest BCUT2D eigenvalue weighted by Crippen LogP contribution is -2.36. The Labute approximate surface area is 137 Å². The molecule has 0 saturated heterocycles. The van der Waals surface area contributed by atoms with E-state index in [9.17, 15) is 9.36 Å². The van der Waals surface area contributed by atoms with Crippen LogP contribution in [0.15, 0.2) is 24.3 Å². The van der Waals surface area contributed by atoms with Gasteiger partial charge in [0.1, 0.15) is 6.04 Å². The van der Waals surface area contributed by atoms with Gasteiger partial charge in [0.25, 0.3) is 0 Å². The molecular weight excluding hydrogens is 319 g/mol. The summed E-state index contributed by atoms with van der Waals surface area (Å²) in [5.41, 5.74) is 1.60. The van der Waals surface area contributed by atoms with Gasteiger partial charge in [-0.25, -0.2) is 9.65 Å².